The number of rotatable bonds is 10. The molecule has 5 N–H and O–H groups in total. The Kier molecular flexibility index (Phi) is 10.1. The molecule has 2 heterocycles. The van der Waals surface area contributed by atoms with Gasteiger partial charge in [-0.3, -0.25) is 9.69 Å². The number of carbonyl (C=O) groups is 1. The highest BCUT2D eigenvalue weighted by atomic mass is 32.2. The van der Waals surface area contributed by atoms with Gasteiger partial charge in [-0.2, -0.15) is 0 Å². The fourth-order valence-corrected chi connectivity index (χ4v) is 5.61. The van der Waals surface area contributed by atoms with E-state index in [1.165, 1.54) is 23.9 Å². The number of ether oxygens (including phenoxy) is 1. The van der Waals surface area contributed by atoms with Crippen molar-refractivity contribution in [3.05, 3.63) is 35.6 Å². The number of nitrogens with zero attached hydrogens (tertiary/aromatic N) is 1. The van der Waals surface area contributed by atoms with Gasteiger partial charge in [0.1, 0.15) is 35.7 Å². The molecule has 1 amide bonds. The van der Waals surface area contributed by atoms with Gasteiger partial charge >= 0.3 is 0 Å². The summed E-state index contributed by atoms with van der Waals surface area (Å²) in [6.07, 6.45) is -0.256. The lowest BCUT2D eigenvalue weighted by atomic mass is 9.94. The summed E-state index contributed by atoms with van der Waals surface area (Å²) in [6, 6.07) is 5.18. The van der Waals surface area contributed by atoms with Crippen LogP contribution in [0.2, 0.25) is 0 Å². The minimum atomic E-state index is -1.39. The van der Waals surface area contributed by atoms with E-state index in [0.717, 1.165) is 31.4 Å². The maximum atomic E-state index is 13.3. The van der Waals surface area contributed by atoms with E-state index in [2.05, 4.69) is 22.5 Å². The van der Waals surface area contributed by atoms with Crippen LogP contribution in [0.4, 0.5) is 4.39 Å². The fraction of sp³-hybridized carbons (Fsp3) is 0.708. The van der Waals surface area contributed by atoms with E-state index in [4.69, 9.17) is 4.74 Å². The molecule has 2 aliphatic heterocycles. The summed E-state index contributed by atoms with van der Waals surface area (Å²) in [5, 5.41) is 37.6. The largest absolute Gasteiger partial charge is 0.388 e. The fourth-order valence-electron chi connectivity index (χ4n) is 4.93. The Hall–Kier alpha value is -1.27. The van der Waals surface area contributed by atoms with Crippen molar-refractivity contribution in [2.45, 2.75) is 74.7 Å². The van der Waals surface area contributed by atoms with Gasteiger partial charge in [0.05, 0.1) is 12.1 Å². The standard InChI is InChI=1S/C24H38FN3O5S/c1-4-5-15-10-18(28(2)13-15)23(32)27-17(12-26-11-14-6-8-16(25)9-7-14)22-20(30)19(29)21(31)24(33-22)34-3/h6-9,15,17-22,24,26,29-31H,4-5,10-13H2,1-3H3,(H,27,32)/t15-,17-,18+,19?,20?,21-,22-,24?/m1/s1. The van der Waals surface area contributed by atoms with Gasteiger partial charge in [0.25, 0.3) is 0 Å². The number of benzene rings is 1. The number of thioether (sulfide) groups is 1. The molecule has 10 heteroatoms. The Bertz CT molecular complexity index is 786. The summed E-state index contributed by atoms with van der Waals surface area (Å²) < 4.78 is 19.1. The smallest absolute Gasteiger partial charge is 0.237 e. The summed E-state index contributed by atoms with van der Waals surface area (Å²) in [6.45, 7) is 3.68. The van der Waals surface area contributed by atoms with Gasteiger partial charge in [0, 0.05) is 19.6 Å². The Morgan fingerprint density at radius 1 is 1.24 bits per heavy atom. The van der Waals surface area contributed by atoms with Crippen molar-refractivity contribution in [3.8, 4) is 0 Å². The second kappa shape index (κ2) is 12.6. The minimum Gasteiger partial charge on any atom is -0.388 e. The normalized spacial score (nSPS) is 33.1. The van der Waals surface area contributed by atoms with Crippen LogP contribution < -0.4 is 10.6 Å². The van der Waals surface area contributed by atoms with Crippen LogP contribution in [0.3, 0.4) is 0 Å². The number of likely N-dealkylation sites (N-methyl/N-ethyl adjacent to an activating group) is 1. The molecule has 3 unspecified atom stereocenters. The maximum Gasteiger partial charge on any atom is 0.237 e. The van der Waals surface area contributed by atoms with Gasteiger partial charge in [0.15, 0.2) is 0 Å². The predicted octanol–water partition coefficient (Wildman–Crippen LogP) is 0.691. The van der Waals surface area contributed by atoms with Gasteiger partial charge in [-0.05, 0) is 49.8 Å². The Labute approximate surface area is 205 Å². The summed E-state index contributed by atoms with van der Waals surface area (Å²) in [5.74, 6) is 0.00675. The van der Waals surface area contributed by atoms with E-state index in [9.17, 15) is 24.5 Å². The van der Waals surface area contributed by atoms with E-state index in [-0.39, 0.29) is 24.3 Å². The third-order valence-electron chi connectivity index (χ3n) is 6.80. The van der Waals surface area contributed by atoms with Crippen molar-refractivity contribution in [1.82, 2.24) is 15.5 Å². The molecule has 2 fully saturated rings. The third-order valence-corrected chi connectivity index (χ3v) is 7.66. The number of hydrogen-bond acceptors (Lipinski definition) is 8. The van der Waals surface area contributed by atoms with Gasteiger partial charge in [-0.25, -0.2) is 4.39 Å². The van der Waals surface area contributed by atoms with Crippen molar-refractivity contribution in [2.24, 2.45) is 5.92 Å². The first-order chi connectivity index (χ1) is 16.2. The van der Waals surface area contributed by atoms with Crippen LogP contribution >= 0.6 is 11.8 Å². The summed E-state index contributed by atoms with van der Waals surface area (Å²) in [5.41, 5.74) is 0.134. The summed E-state index contributed by atoms with van der Waals surface area (Å²) in [4.78, 5) is 15.3. The van der Waals surface area contributed by atoms with Crippen LogP contribution in [0.25, 0.3) is 0 Å². The molecule has 1 aromatic rings. The first-order valence-electron chi connectivity index (χ1n) is 11.9. The zero-order valence-electron chi connectivity index (χ0n) is 20.1. The summed E-state index contributed by atoms with van der Waals surface area (Å²) >= 11 is 1.23. The zero-order valence-corrected chi connectivity index (χ0v) is 20.9. The lowest BCUT2D eigenvalue weighted by molar-refractivity contribution is -0.205. The van der Waals surface area contributed by atoms with Crippen LogP contribution in [0.15, 0.2) is 24.3 Å². The zero-order chi connectivity index (χ0) is 24.8. The van der Waals surface area contributed by atoms with Crippen molar-refractivity contribution < 1.29 is 29.2 Å². The molecule has 3 rings (SSSR count). The summed E-state index contributed by atoms with van der Waals surface area (Å²) in [7, 11) is 1.94. The first kappa shape index (κ1) is 27.3. The number of nitrogens with one attached hydrogen (secondary N) is 2. The van der Waals surface area contributed by atoms with E-state index in [1.54, 1.807) is 18.4 Å². The molecule has 0 radical (unpaired) electrons. The lowest BCUT2D eigenvalue weighted by Gasteiger charge is -2.43. The highest BCUT2D eigenvalue weighted by Gasteiger charge is 2.47. The molecule has 192 valence electrons. The quantitative estimate of drug-likeness (QED) is 0.320. The lowest BCUT2D eigenvalue weighted by Crippen LogP contribution is -2.65. The van der Waals surface area contributed by atoms with E-state index in [0.29, 0.717) is 12.5 Å². The van der Waals surface area contributed by atoms with Crippen molar-refractivity contribution in [3.63, 3.8) is 0 Å². The molecule has 2 saturated heterocycles. The van der Waals surface area contributed by atoms with Crippen molar-refractivity contribution in [2.75, 3.05) is 26.4 Å². The Morgan fingerprint density at radius 3 is 2.59 bits per heavy atom. The number of aliphatic hydroxyl groups is 3. The van der Waals surface area contributed by atoms with Gasteiger partial charge in [-0.1, -0.05) is 25.5 Å². The number of amides is 1. The molecule has 34 heavy (non-hydrogen) atoms. The van der Waals surface area contributed by atoms with Gasteiger partial charge in [-0.15, -0.1) is 11.8 Å². The number of halogens is 1. The van der Waals surface area contributed by atoms with Crippen LogP contribution in [0.5, 0.6) is 0 Å². The average Bonchev–Trinajstić information content (AvgIpc) is 3.19. The number of carbonyl (C=O) groups excluding carboxylic acids is 1. The molecule has 8 nitrogen and oxygen atoms in total. The molecule has 1 aromatic carbocycles. The van der Waals surface area contributed by atoms with E-state index >= 15 is 0 Å². The second-order valence-electron chi connectivity index (χ2n) is 9.39. The SMILES string of the molecule is CCC[C@@H]1C[C@@H](C(=O)N[C@H](CNCc2ccc(F)cc2)[C@H]2OC(SC)[C@H](O)C(O)C2O)N(C)C1. The molecule has 0 spiro atoms. The molecular weight excluding hydrogens is 461 g/mol. The molecular formula is C24H38FN3O5S. The maximum absolute atomic E-state index is 13.3. The monoisotopic (exact) mass is 499 g/mol. The molecule has 8 atom stereocenters. The Morgan fingerprint density at radius 2 is 1.94 bits per heavy atom. The first-order valence-corrected chi connectivity index (χ1v) is 13.2. The molecule has 0 saturated carbocycles. The van der Waals surface area contributed by atoms with Crippen LogP contribution in [0, 0.1) is 11.7 Å². The number of aliphatic hydroxyl groups excluding tert-OH is 3. The second-order valence-corrected chi connectivity index (χ2v) is 10.3. The van der Waals surface area contributed by atoms with Crippen LogP contribution in [0.1, 0.15) is 31.7 Å². The predicted molar refractivity (Wildman–Crippen MR) is 130 cm³/mol. The van der Waals surface area contributed by atoms with Gasteiger partial charge in [0.2, 0.25) is 5.91 Å². The molecule has 2 aliphatic rings. The van der Waals surface area contributed by atoms with Crippen LogP contribution in [-0.4, -0.2) is 94.5 Å². The van der Waals surface area contributed by atoms with E-state index in [1.807, 2.05) is 7.05 Å². The number of hydrogen-bond donors (Lipinski definition) is 5. The topological polar surface area (TPSA) is 114 Å². The molecule has 0 aliphatic carbocycles. The van der Waals surface area contributed by atoms with Gasteiger partial charge < -0.3 is 30.7 Å². The Balaban J connectivity index is 1.71. The molecule has 0 bridgehead atoms. The van der Waals surface area contributed by atoms with Crippen molar-refractivity contribution in [1.29, 1.82) is 0 Å². The minimum absolute atomic E-state index is 0.146. The van der Waals surface area contributed by atoms with E-state index < -0.39 is 35.9 Å². The van der Waals surface area contributed by atoms with Crippen molar-refractivity contribution >= 4 is 17.7 Å². The average molecular weight is 500 g/mol. The van der Waals surface area contributed by atoms with Crippen LogP contribution in [-0.2, 0) is 16.1 Å². The third kappa shape index (κ3) is 6.69. The highest BCUT2D eigenvalue weighted by molar-refractivity contribution is 7.99. The highest BCUT2D eigenvalue weighted by Crippen LogP contribution is 2.29. The molecule has 0 aromatic heterocycles. The number of likely N-dealkylation sites (tertiary alicyclic amines) is 1.